The summed E-state index contributed by atoms with van der Waals surface area (Å²) in [4.78, 5) is 17.5. The minimum atomic E-state index is -0.930. The third kappa shape index (κ3) is 4.28. The van der Waals surface area contributed by atoms with Gasteiger partial charge in [0.25, 0.3) is 5.91 Å². The zero-order chi connectivity index (χ0) is 23.8. The van der Waals surface area contributed by atoms with E-state index in [-0.39, 0.29) is 5.91 Å². The van der Waals surface area contributed by atoms with Crippen LogP contribution in [0.15, 0.2) is 36.4 Å². The van der Waals surface area contributed by atoms with Crippen molar-refractivity contribution >= 4 is 17.5 Å². The number of rotatable bonds is 5. The summed E-state index contributed by atoms with van der Waals surface area (Å²) in [5, 5.41) is 5.22. The fourth-order valence-corrected chi connectivity index (χ4v) is 5.00. The molecule has 0 N–H and O–H groups in total. The van der Waals surface area contributed by atoms with Gasteiger partial charge in [-0.25, -0.2) is 13.5 Å². The van der Waals surface area contributed by atoms with E-state index < -0.39 is 11.6 Å². The van der Waals surface area contributed by atoms with Crippen molar-refractivity contribution in [2.45, 2.75) is 25.8 Å². The number of hydrogen-bond donors (Lipinski definition) is 0. The molecule has 178 valence electrons. The van der Waals surface area contributed by atoms with Crippen LogP contribution in [0.3, 0.4) is 0 Å². The van der Waals surface area contributed by atoms with Crippen molar-refractivity contribution in [3.8, 4) is 11.4 Å². The van der Waals surface area contributed by atoms with Crippen molar-refractivity contribution in [1.29, 1.82) is 0 Å². The molecule has 1 fully saturated rings. The number of fused-ring (bicyclic) bond motifs is 1. The van der Waals surface area contributed by atoms with Gasteiger partial charge in [0.1, 0.15) is 5.75 Å². The number of carbonyl (C=O) groups excluding carboxylic acids is 1. The fourth-order valence-electron chi connectivity index (χ4n) is 4.81. The van der Waals surface area contributed by atoms with E-state index in [4.69, 9.17) is 16.3 Å². The highest BCUT2D eigenvalue weighted by atomic mass is 35.5. The van der Waals surface area contributed by atoms with Crippen LogP contribution in [0.2, 0.25) is 5.02 Å². The lowest BCUT2D eigenvalue weighted by atomic mass is 10.1. The smallest absolute Gasteiger partial charge is 0.274 e. The molecule has 2 aliphatic rings. The van der Waals surface area contributed by atoms with Crippen LogP contribution >= 0.6 is 11.6 Å². The maximum absolute atomic E-state index is 13.8. The third-order valence-corrected chi connectivity index (χ3v) is 6.81. The first-order valence-corrected chi connectivity index (χ1v) is 11.7. The molecule has 6 nitrogen and oxygen atoms in total. The summed E-state index contributed by atoms with van der Waals surface area (Å²) in [6.07, 6.45) is 2.42. The van der Waals surface area contributed by atoms with Crippen molar-refractivity contribution < 1.29 is 18.3 Å². The van der Waals surface area contributed by atoms with E-state index >= 15 is 0 Å². The molecule has 1 saturated heterocycles. The van der Waals surface area contributed by atoms with E-state index in [1.807, 2.05) is 17.0 Å². The van der Waals surface area contributed by atoms with Gasteiger partial charge in [0.15, 0.2) is 17.3 Å². The normalized spacial score (nSPS) is 16.1. The Balaban J connectivity index is 1.31. The van der Waals surface area contributed by atoms with Crippen molar-refractivity contribution in [2.75, 3.05) is 33.3 Å². The van der Waals surface area contributed by atoms with Gasteiger partial charge in [0, 0.05) is 60.6 Å². The van der Waals surface area contributed by atoms with E-state index in [9.17, 15) is 13.6 Å². The van der Waals surface area contributed by atoms with Gasteiger partial charge in [-0.2, -0.15) is 5.10 Å². The Morgan fingerprint density at radius 1 is 1.06 bits per heavy atom. The molecule has 9 heteroatoms. The Kier molecular flexibility index (Phi) is 6.27. The predicted octanol–water partition coefficient (Wildman–Crippen LogP) is 4.26. The van der Waals surface area contributed by atoms with E-state index in [1.54, 1.807) is 17.9 Å². The van der Waals surface area contributed by atoms with E-state index in [0.29, 0.717) is 49.1 Å². The summed E-state index contributed by atoms with van der Waals surface area (Å²) < 4.78 is 34.3. The summed E-state index contributed by atoms with van der Waals surface area (Å²) >= 11 is 6.16. The highest BCUT2D eigenvalue weighted by Gasteiger charge is 2.31. The molecule has 2 heterocycles. The van der Waals surface area contributed by atoms with E-state index in [1.165, 1.54) is 6.07 Å². The number of hydrogen-bond acceptors (Lipinski definition) is 4. The molecule has 0 atom stereocenters. The van der Waals surface area contributed by atoms with Crippen molar-refractivity contribution in [3.05, 3.63) is 75.6 Å². The lowest BCUT2D eigenvalue weighted by Gasteiger charge is -2.34. The highest BCUT2D eigenvalue weighted by Crippen LogP contribution is 2.30. The number of aromatic nitrogens is 2. The third-order valence-electron chi connectivity index (χ3n) is 6.58. The summed E-state index contributed by atoms with van der Waals surface area (Å²) in [5.41, 5.74) is 3.68. The van der Waals surface area contributed by atoms with Gasteiger partial charge in [0.05, 0.1) is 12.8 Å². The zero-order valence-electron chi connectivity index (χ0n) is 18.9. The summed E-state index contributed by atoms with van der Waals surface area (Å²) in [6.45, 7) is 3.27. The Morgan fingerprint density at radius 2 is 1.85 bits per heavy atom. The first-order chi connectivity index (χ1) is 16.4. The van der Waals surface area contributed by atoms with Crippen LogP contribution in [0, 0.1) is 11.6 Å². The summed E-state index contributed by atoms with van der Waals surface area (Å²) in [5.74, 6) is -1.15. The highest BCUT2D eigenvalue weighted by molar-refractivity contribution is 6.30. The minimum Gasteiger partial charge on any atom is -0.496 e. The summed E-state index contributed by atoms with van der Waals surface area (Å²) in [7, 11) is 1.64. The molecule has 1 aliphatic carbocycles. The number of piperazine rings is 1. The van der Waals surface area contributed by atoms with Crippen LogP contribution in [-0.4, -0.2) is 58.8 Å². The van der Waals surface area contributed by atoms with Gasteiger partial charge >= 0.3 is 0 Å². The van der Waals surface area contributed by atoms with E-state index in [2.05, 4.69) is 10.00 Å². The lowest BCUT2D eigenvalue weighted by Crippen LogP contribution is -2.48. The van der Waals surface area contributed by atoms with Crippen LogP contribution in [0.5, 0.6) is 5.75 Å². The molecule has 0 unspecified atom stereocenters. The number of methoxy groups -OCH3 is 1. The second kappa shape index (κ2) is 9.35. The molecule has 1 aliphatic heterocycles. The average Bonchev–Trinajstić information content (AvgIpc) is 3.44. The van der Waals surface area contributed by atoms with Gasteiger partial charge in [-0.05, 0) is 49.6 Å². The Labute approximate surface area is 201 Å². The number of amides is 1. The molecular formula is C25H25ClF2N4O2. The molecular weight excluding hydrogens is 462 g/mol. The Hall–Kier alpha value is -2.97. The Morgan fingerprint density at radius 3 is 2.59 bits per heavy atom. The number of halogens is 3. The number of carbonyl (C=O) groups is 1. The molecule has 34 heavy (non-hydrogen) atoms. The molecule has 1 amide bonds. The standard InChI is InChI=1S/C25H25ClF2N4O2/c1-34-23-8-5-17(26)13-16(23)15-30-9-11-31(12-10-30)25(33)24-19-3-2-4-22(19)32(29-24)18-6-7-20(27)21(28)14-18/h5-8,13-14H,2-4,9-12,15H2,1H3. The van der Waals surface area contributed by atoms with Crippen molar-refractivity contribution in [2.24, 2.45) is 0 Å². The lowest BCUT2D eigenvalue weighted by molar-refractivity contribution is 0.0620. The first-order valence-electron chi connectivity index (χ1n) is 11.3. The van der Waals surface area contributed by atoms with Crippen LogP contribution in [0.25, 0.3) is 5.69 Å². The average molecular weight is 487 g/mol. The zero-order valence-corrected chi connectivity index (χ0v) is 19.6. The monoisotopic (exact) mass is 486 g/mol. The largest absolute Gasteiger partial charge is 0.496 e. The molecule has 1 aromatic heterocycles. The first kappa shape index (κ1) is 22.8. The molecule has 5 rings (SSSR count). The number of benzene rings is 2. The molecule has 0 spiro atoms. The summed E-state index contributed by atoms with van der Waals surface area (Å²) in [6, 6.07) is 9.27. The van der Waals surface area contributed by atoms with Crippen LogP contribution in [0.4, 0.5) is 8.78 Å². The number of nitrogens with zero attached hydrogens (tertiary/aromatic N) is 4. The maximum Gasteiger partial charge on any atom is 0.274 e. The minimum absolute atomic E-state index is 0.112. The SMILES string of the molecule is COc1ccc(Cl)cc1CN1CCN(C(=O)c2nn(-c3ccc(F)c(F)c3)c3c2CCC3)CC1. The molecule has 0 radical (unpaired) electrons. The molecule has 2 aromatic carbocycles. The van der Waals surface area contributed by atoms with Gasteiger partial charge < -0.3 is 9.64 Å². The second-order valence-corrected chi connectivity index (χ2v) is 9.10. The molecule has 0 bridgehead atoms. The van der Waals surface area contributed by atoms with Crippen LogP contribution < -0.4 is 4.74 Å². The van der Waals surface area contributed by atoms with Gasteiger partial charge in [0.2, 0.25) is 0 Å². The van der Waals surface area contributed by atoms with Gasteiger partial charge in [-0.15, -0.1) is 0 Å². The topological polar surface area (TPSA) is 50.6 Å². The van der Waals surface area contributed by atoms with Crippen molar-refractivity contribution in [1.82, 2.24) is 19.6 Å². The van der Waals surface area contributed by atoms with Gasteiger partial charge in [-0.3, -0.25) is 9.69 Å². The Bertz CT molecular complexity index is 1240. The van der Waals surface area contributed by atoms with Gasteiger partial charge in [-0.1, -0.05) is 11.6 Å². The van der Waals surface area contributed by atoms with E-state index in [0.717, 1.165) is 54.0 Å². The van der Waals surface area contributed by atoms with Crippen molar-refractivity contribution in [3.63, 3.8) is 0 Å². The second-order valence-electron chi connectivity index (χ2n) is 8.66. The predicted molar refractivity (Wildman–Crippen MR) is 125 cm³/mol. The number of ether oxygens (including phenoxy) is 1. The fraction of sp³-hybridized carbons (Fsp3) is 0.360. The maximum atomic E-state index is 13.8. The molecule has 3 aromatic rings. The molecule has 0 saturated carbocycles. The van der Waals surface area contributed by atoms with Crippen LogP contribution in [0.1, 0.15) is 33.7 Å². The van der Waals surface area contributed by atoms with Crippen LogP contribution in [-0.2, 0) is 19.4 Å². The quantitative estimate of drug-likeness (QED) is 0.541.